The van der Waals surface area contributed by atoms with Crippen molar-refractivity contribution in [2.45, 2.75) is 0 Å². The van der Waals surface area contributed by atoms with Gasteiger partial charge in [-0.2, -0.15) is 0 Å². The summed E-state index contributed by atoms with van der Waals surface area (Å²) < 4.78 is 13.8. The fourth-order valence-electron chi connectivity index (χ4n) is 2.21. The van der Waals surface area contributed by atoms with E-state index in [0.717, 1.165) is 6.33 Å². The molecule has 0 saturated carbocycles. The average molecular weight is 403 g/mol. The molecule has 0 fully saturated rings. The normalized spacial score (nSPS) is 10.2. The number of anilines is 3. The zero-order chi connectivity index (χ0) is 20.1. The van der Waals surface area contributed by atoms with Crippen LogP contribution >= 0.6 is 11.6 Å². The first-order valence-corrected chi connectivity index (χ1v) is 8.16. The third-order valence-electron chi connectivity index (χ3n) is 3.53. The van der Waals surface area contributed by atoms with Crippen LogP contribution in [0.1, 0.15) is 10.4 Å². The topological polar surface area (TPSA) is 122 Å². The molecule has 2 aromatic carbocycles. The van der Waals surface area contributed by atoms with Gasteiger partial charge in [0, 0.05) is 10.6 Å². The predicted octanol–water partition coefficient (Wildman–Crippen LogP) is 3.68. The largest absolute Gasteiger partial charge is 0.355 e. The number of para-hydroxylation sites is 1. The van der Waals surface area contributed by atoms with E-state index in [1.807, 2.05) is 0 Å². The van der Waals surface area contributed by atoms with E-state index in [4.69, 9.17) is 11.6 Å². The highest BCUT2D eigenvalue weighted by Gasteiger charge is 2.24. The van der Waals surface area contributed by atoms with E-state index in [1.54, 1.807) is 6.07 Å². The Balaban J connectivity index is 1.83. The SMILES string of the molecule is O=C(NNc1ncnc(Nc2ccccc2F)c1[N+](=O)[O-])c1ccc(Cl)cc1. The number of aromatic nitrogens is 2. The van der Waals surface area contributed by atoms with Crippen molar-refractivity contribution >= 4 is 40.5 Å². The van der Waals surface area contributed by atoms with E-state index in [9.17, 15) is 19.3 Å². The Hall–Kier alpha value is -3.79. The summed E-state index contributed by atoms with van der Waals surface area (Å²) >= 11 is 5.77. The van der Waals surface area contributed by atoms with E-state index in [-0.39, 0.29) is 22.9 Å². The molecule has 3 rings (SSSR count). The molecular formula is C17H12ClFN6O3. The molecule has 0 bridgehead atoms. The number of carbonyl (C=O) groups excluding carboxylic acids is 1. The summed E-state index contributed by atoms with van der Waals surface area (Å²) in [6, 6.07) is 11.7. The molecule has 1 heterocycles. The number of carbonyl (C=O) groups is 1. The second kappa shape index (κ2) is 8.27. The Morgan fingerprint density at radius 1 is 1.07 bits per heavy atom. The van der Waals surface area contributed by atoms with Crippen LogP contribution in [0.5, 0.6) is 0 Å². The van der Waals surface area contributed by atoms with Gasteiger partial charge in [-0.15, -0.1) is 0 Å². The van der Waals surface area contributed by atoms with Crippen molar-refractivity contribution in [3.8, 4) is 0 Å². The second-order valence-electron chi connectivity index (χ2n) is 5.37. The molecule has 0 spiro atoms. The van der Waals surface area contributed by atoms with Crippen LogP contribution in [0.15, 0.2) is 54.9 Å². The first-order valence-electron chi connectivity index (χ1n) is 7.78. The smallest absolute Gasteiger partial charge is 0.332 e. The number of rotatable bonds is 6. The van der Waals surface area contributed by atoms with Crippen molar-refractivity contribution < 1.29 is 14.1 Å². The summed E-state index contributed by atoms with van der Waals surface area (Å²) in [6.45, 7) is 0. The van der Waals surface area contributed by atoms with Crippen molar-refractivity contribution in [3.63, 3.8) is 0 Å². The Morgan fingerprint density at radius 3 is 2.43 bits per heavy atom. The minimum absolute atomic E-state index is 0.000417. The number of hydrogen-bond donors (Lipinski definition) is 3. The van der Waals surface area contributed by atoms with Crippen molar-refractivity contribution in [1.29, 1.82) is 0 Å². The van der Waals surface area contributed by atoms with Crippen LogP contribution in [0.2, 0.25) is 5.02 Å². The van der Waals surface area contributed by atoms with Gasteiger partial charge in [-0.25, -0.2) is 14.4 Å². The Kier molecular flexibility index (Phi) is 5.61. The fourth-order valence-corrected chi connectivity index (χ4v) is 2.34. The molecule has 142 valence electrons. The van der Waals surface area contributed by atoms with E-state index in [1.165, 1.54) is 42.5 Å². The molecule has 0 radical (unpaired) electrons. The Morgan fingerprint density at radius 2 is 1.75 bits per heavy atom. The van der Waals surface area contributed by atoms with Gasteiger partial charge in [0.25, 0.3) is 5.91 Å². The highest BCUT2D eigenvalue weighted by atomic mass is 35.5. The quantitative estimate of drug-likeness (QED) is 0.424. The standard InChI is InChI=1S/C17H12ClFN6O3/c18-11-7-5-10(6-8-11)17(26)24-23-16-14(25(27)28)15(20-9-21-16)22-13-4-2-1-3-12(13)19/h1-9H,(H,24,26)(H2,20,21,22,23). The van der Waals surface area contributed by atoms with Gasteiger partial charge in [0.15, 0.2) is 0 Å². The molecule has 0 aliphatic heterocycles. The summed E-state index contributed by atoms with van der Waals surface area (Å²) in [5, 5.41) is 14.5. The molecule has 0 aliphatic rings. The Labute approximate surface area is 162 Å². The number of nitrogens with zero attached hydrogens (tertiary/aromatic N) is 3. The second-order valence-corrected chi connectivity index (χ2v) is 5.80. The lowest BCUT2D eigenvalue weighted by Crippen LogP contribution is -2.30. The van der Waals surface area contributed by atoms with Crippen LogP contribution in [0.3, 0.4) is 0 Å². The summed E-state index contributed by atoms with van der Waals surface area (Å²) in [4.78, 5) is 30.4. The van der Waals surface area contributed by atoms with E-state index >= 15 is 0 Å². The lowest BCUT2D eigenvalue weighted by molar-refractivity contribution is -0.383. The van der Waals surface area contributed by atoms with Crippen LogP contribution < -0.4 is 16.2 Å². The van der Waals surface area contributed by atoms with Crippen molar-refractivity contribution in [2.24, 2.45) is 0 Å². The van der Waals surface area contributed by atoms with E-state index in [2.05, 4.69) is 26.1 Å². The molecule has 11 heteroatoms. The summed E-state index contributed by atoms with van der Waals surface area (Å²) in [7, 11) is 0. The van der Waals surface area contributed by atoms with Gasteiger partial charge in [-0.05, 0) is 36.4 Å². The van der Waals surface area contributed by atoms with Crippen molar-refractivity contribution in [3.05, 3.63) is 81.4 Å². The molecule has 0 unspecified atom stereocenters. The molecule has 0 aliphatic carbocycles. The van der Waals surface area contributed by atoms with Crippen LogP contribution in [-0.4, -0.2) is 20.8 Å². The number of halogens is 2. The Bertz CT molecular complexity index is 1030. The summed E-state index contributed by atoms with van der Waals surface area (Å²) in [5.74, 6) is -1.69. The van der Waals surface area contributed by atoms with Crippen molar-refractivity contribution in [1.82, 2.24) is 15.4 Å². The molecule has 0 saturated heterocycles. The fraction of sp³-hybridized carbons (Fsp3) is 0. The lowest BCUT2D eigenvalue weighted by atomic mass is 10.2. The monoisotopic (exact) mass is 402 g/mol. The van der Waals surface area contributed by atoms with Crippen LogP contribution in [0.4, 0.5) is 27.4 Å². The highest BCUT2D eigenvalue weighted by Crippen LogP contribution is 2.31. The van der Waals surface area contributed by atoms with Crippen LogP contribution in [0, 0.1) is 15.9 Å². The zero-order valence-corrected chi connectivity index (χ0v) is 14.8. The molecule has 1 amide bonds. The molecule has 1 aromatic heterocycles. The molecule has 28 heavy (non-hydrogen) atoms. The maximum atomic E-state index is 13.8. The number of hydrogen-bond acceptors (Lipinski definition) is 7. The van der Waals surface area contributed by atoms with E-state index in [0.29, 0.717) is 5.02 Å². The predicted molar refractivity (Wildman–Crippen MR) is 101 cm³/mol. The van der Waals surface area contributed by atoms with Gasteiger partial charge in [0.1, 0.15) is 12.1 Å². The molecule has 3 N–H and O–H groups in total. The number of amides is 1. The van der Waals surface area contributed by atoms with Gasteiger partial charge in [0.05, 0.1) is 10.6 Å². The maximum absolute atomic E-state index is 13.8. The van der Waals surface area contributed by atoms with Gasteiger partial charge in [0.2, 0.25) is 11.6 Å². The third-order valence-corrected chi connectivity index (χ3v) is 3.78. The number of nitro groups is 1. The van der Waals surface area contributed by atoms with Crippen molar-refractivity contribution in [2.75, 3.05) is 10.7 Å². The first-order chi connectivity index (χ1) is 13.5. The van der Waals surface area contributed by atoms with E-state index < -0.39 is 22.3 Å². The zero-order valence-electron chi connectivity index (χ0n) is 14.0. The molecule has 9 nitrogen and oxygen atoms in total. The third kappa shape index (κ3) is 4.30. The number of hydrazine groups is 1. The van der Waals surface area contributed by atoms with Crippen LogP contribution in [0.25, 0.3) is 0 Å². The summed E-state index contributed by atoms with van der Waals surface area (Å²) in [6.07, 6.45) is 1.03. The summed E-state index contributed by atoms with van der Waals surface area (Å²) in [5.41, 5.74) is 4.40. The maximum Gasteiger partial charge on any atom is 0.355 e. The molecular weight excluding hydrogens is 391 g/mol. The number of benzene rings is 2. The minimum atomic E-state index is -0.750. The van der Waals surface area contributed by atoms with Crippen LogP contribution in [-0.2, 0) is 0 Å². The average Bonchev–Trinajstić information content (AvgIpc) is 2.68. The highest BCUT2D eigenvalue weighted by molar-refractivity contribution is 6.30. The lowest BCUT2D eigenvalue weighted by Gasteiger charge is -2.11. The molecule has 0 atom stereocenters. The molecule has 3 aromatic rings. The first kappa shape index (κ1) is 19.0. The van der Waals surface area contributed by atoms with Gasteiger partial charge < -0.3 is 5.32 Å². The van der Waals surface area contributed by atoms with Gasteiger partial charge >= 0.3 is 5.69 Å². The number of nitrogens with one attached hydrogen (secondary N) is 3. The van der Waals surface area contributed by atoms with Gasteiger partial charge in [-0.1, -0.05) is 23.7 Å². The minimum Gasteiger partial charge on any atom is -0.332 e. The van der Waals surface area contributed by atoms with Gasteiger partial charge in [-0.3, -0.25) is 25.8 Å².